The highest BCUT2D eigenvalue weighted by Gasteiger charge is 2.14. The molecule has 1 aromatic rings. The van der Waals surface area contributed by atoms with Crippen molar-refractivity contribution in [2.24, 2.45) is 0 Å². The van der Waals surface area contributed by atoms with Crippen molar-refractivity contribution in [1.82, 2.24) is 15.3 Å². The third kappa shape index (κ3) is 3.57. The smallest absolute Gasteiger partial charge is 0.224 e. The molecule has 0 aromatic carbocycles. The van der Waals surface area contributed by atoms with Gasteiger partial charge in [-0.1, -0.05) is 0 Å². The first-order valence-corrected chi connectivity index (χ1v) is 6.72. The van der Waals surface area contributed by atoms with Crippen molar-refractivity contribution in [3.63, 3.8) is 0 Å². The van der Waals surface area contributed by atoms with Gasteiger partial charge in [0, 0.05) is 23.8 Å². The van der Waals surface area contributed by atoms with E-state index in [0.717, 1.165) is 43.3 Å². The SMILES string of the molecule is Cc1cnc(NC2CCNCC2)nc1NC(C)C. The predicted molar refractivity (Wildman–Crippen MR) is 75.0 cm³/mol. The topological polar surface area (TPSA) is 61.9 Å². The summed E-state index contributed by atoms with van der Waals surface area (Å²) in [4.78, 5) is 8.91. The maximum absolute atomic E-state index is 4.55. The molecular formula is C13H23N5. The molecule has 2 heterocycles. The van der Waals surface area contributed by atoms with Crippen molar-refractivity contribution in [2.75, 3.05) is 23.7 Å². The Balaban J connectivity index is 2.03. The van der Waals surface area contributed by atoms with Crippen LogP contribution in [-0.2, 0) is 0 Å². The maximum Gasteiger partial charge on any atom is 0.224 e. The molecule has 3 N–H and O–H groups in total. The summed E-state index contributed by atoms with van der Waals surface area (Å²) in [7, 11) is 0. The van der Waals surface area contributed by atoms with Crippen LogP contribution in [0.3, 0.4) is 0 Å². The summed E-state index contributed by atoms with van der Waals surface area (Å²) < 4.78 is 0. The van der Waals surface area contributed by atoms with E-state index in [9.17, 15) is 0 Å². The Kier molecular flexibility index (Phi) is 4.36. The van der Waals surface area contributed by atoms with Crippen LogP contribution in [0.1, 0.15) is 32.3 Å². The zero-order chi connectivity index (χ0) is 13.0. The minimum Gasteiger partial charge on any atom is -0.368 e. The van der Waals surface area contributed by atoms with Crippen molar-refractivity contribution in [3.8, 4) is 0 Å². The third-order valence-corrected chi connectivity index (χ3v) is 3.07. The van der Waals surface area contributed by atoms with E-state index in [4.69, 9.17) is 0 Å². The van der Waals surface area contributed by atoms with Gasteiger partial charge in [-0.15, -0.1) is 0 Å². The Morgan fingerprint density at radius 1 is 1.33 bits per heavy atom. The molecule has 1 fully saturated rings. The van der Waals surface area contributed by atoms with E-state index in [2.05, 4.69) is 39.8 Å². The molecule has 2 rings (SSSR count). The lowest BCUT2D eigenvalue weighted by atomic mass is 10.1. The highest BCUT2D eigenvalue weighted by atomic mass is 15.2. The van der Waals surface area contributed by atoms with E-state index in [1.165, 1.54) is 0 Å². The van der Waals surface area contributed by atoms with Crippen molar-refractivity contribution in [3.05, 3.63) is 11.8 Å². The van der Waals surface area contributed by atoms with E-state index >= 15 is 0 Å². The molecule has 5 heteroatoms. The zero-order valence-corrected chi connectivity index (χ0v) is 11.5. The lowest BCUT2D eigenvalue weighted by molar-refractivity contribution is 0.477. The molecule has 1 saturated heterocycles. The quantitative estimate of drug-likeness (QED) is 0.759. The molecule has 100 valence electrons. The van der Waals surface area contributed by atoms with Gasteiger partial charge in [-0.2, -0.15) is 4.98 Å². The summed E-state index contributed by atoms with van der Waals surface area (Å²) in [5.74, 6) is 1.66. The van der Waals surface area contributed by atoms with Gasteiger partial charge in [-0.05, 0) is 46.7 Å². The first-order chi connectivity index (χ1) is 8.65. The molecule has 0 bridgehead atoms. The second-order valence-electron chi connectivity index (χ2n) is 5.19. The maximum atomic E-state index is 4.55. The Morgan fingerprint density at radius 2 is 2.06 bits per heavy atom. The first-order valence-electron chi connectivity index (χ1n) is 6.72. The molecule has 5 nitrogen and oxygen atoms in total. The lowest BCUT2D eigenvalue weighted by Crippen LogP contribution is -2.35. The Labute approximate surface area is 109 Å². The van der Waals surface area contributed by atoms with Crippen LogP contribution in [0.5, 0.6) is 0 Å². The van der Waals surface area contributed by atoms with E-state index in [1.54, 1.807) is 0 Å². The van der Waals surface area contributed by atoms with Gasteiger partial charge in [-0.25, -0.2) is 4.98 Å². The highest BCUT2D eigenvalue weighted by molar-refractivity contribution is 5.47. The van der Waals surface area contributed by atoms with Gasteiger partial charge < -0.3 is 16.0 Å². The van der Waals surface area contributed by atoms with Gasteiger partial charge in [0.15, 0.2) is 0 Å². The van der Waals surface area contributed by atoms with Gasteiger partial charge in [-0.3, -0.25) is 0 Å². The lowest BCUT2D eigenvalue weighted by Gasteiger charge is -2.24. The summed E-state index contributed by atoms with van der Waals surface area (Å²) in [5.41, 5.74) is 1.08. The summed E-state index contributed by atoms with van der Waals surface area (Å²) in [6, 6.07) is 0.867. The number of hydrogen-bond donors (Lipinski definition) is 3. The first kappa shape index (κ1) is 13.1. The van der Waals surface area contributed by atoms with E-state index < -0.39 is 0 Å². The average Bonchev–Trinajstić information content (AvgIpc) is 2.34. The molecule has 0 saturated carbocycles. The molecule has 0 amide bonds. The second-order valence-corrected chi connectivity index (χ2v) is 5.19. The van der Waals surface area contributed by atoms with Crippen molar-refractivity contribution in [2.45, 2.75) is 45.7 Å². The van der Waals surface area contributed by atoms with E-state index in [-0.39, 0.29) is 0 Å². The van der Waals surface area contributed by atoms with Crippen LogP contribution < -0.4 is 16.0 Å². The Bertz CT molecular complexity index is 385. The van der Waals surface area contributed by atoms with Crippen LogP contribution in [0, 0.1) is 6.92 Å². The Hall–Kier alpha value is -1.36. The van der Waals surface area contributed by atoms with Crippen molar-refractivity contribution >= 4 is 11.8 Å². The molecular weight excluding hydrogens is 226 g/mol. The molecule has 1 aromatic heterocycles. The van der Waals surface area contributed by atoms with Crippen LogP contribution in [-0.4, -0.2) is 35.1 Å². The van der Waals surface area contributed by atoms with Crippen LogP contribution >= 0.6 is 0 Å². The number of rotatable bonds is 4. The minimum absolute atomic E-state index is 0.380. The number of nitrogens with zero attached hydrogens (tertiary/aromatic N) is 2. The number of aromatic nitrogens is 2. The molecule has 0 atom stereocenters. The monoisotopic (exact) mass is 249 g/mol. The van der Waals surface area contributed by atoms with Gasteiger partial charge in [0.25, 0.3) is 0 Å². The molecule has 0 unspecified atom stereocenters. The molecule has 0 spiro atoms. The van der Waals surface area contributed by atoms with Crippen LogP contribution in [0.25, 0.3) is 0 Å². The molecule has 18 heavy (non-hydrogen) atoms. The molecule has 1 aliphatic heterocycles. The predicted octanol–water partition coefficient (Wildman–Crippen LogP) is 1.77. The van der Waals surface area contributed by atoms with Gasteiger partial charge in [0.05, 0.1) is 0 Å². The highest BCUT2D eigenvalue weighted by Crippen LogP contribution is 2.15. The number of piperidine rings is 1. The van der Waals surface area contributed by atoms with Gasteiger partial charge in [0.2, 0.25) is 5.95 Å². The van der Waals surface area contributed by atoms with Gasteiger partial charge >= 0.3 is 0 Å². The summed E-state index contributed by atoms with van der Waals surface area (Å²) in [6.07, 6.45) is 4.13. The number of aryl methyl sites for hydroxylation is 1. The summed E-state index contributed by atoms with van der Waals surface area (Å²) >= 11 is 0. The van der Waals surface area contributed by atoms with E-state index in [1.807, 2.05) is 13.1 Å². The standard InChI is InChI=1S/C13H23N5/c1-9(2)16-12-10(3)8-15-13(18-12)17-11-4-6-14-7-5-11/h8-9,11,14H,4-7H2,1-3H3,(H2,15,16,17,18). The minimum atomic E-state index is 0.380. The van der Waals surface area contributed by atoms with Gasteiger partial charge in [0.1, 0.15) is 5.82 Å². The fourth-order valence-corrected chi connectivity index (χ4v) is 2.08. The third-order valence-electron chi connectivity index (χ3n) is 3.07. The average molecular weight is 249 g/mol. The fraction of sp³-hybridized carbons (Fsp3) is 0.692. The number of anilines is 2. The van der Waals surface area contributed by atoms with Crippen molar-refractivity contribution < 1.29 is 0 Å². The fourth-order valence-electron chi connectivity index (χ4n) is 2.08. The van der Waals surface area contributed by atoms with Crippen LogP contribution in [0.2, 0.25) is 0 Å². The van der Waals surface area contributed by atoms with Crippen LogP contribution in [0.4, 0.5) is 11.8 Å². The zero-order valence-electron chi connectivity index (χ0n) is 11.5. The molecule has 0 aliphatic carbocycles. The number of nitrogens with one attached hydrogen (secondary N) is 3. The number of hydrogen-bond acceptors (Lipinski definition) is 5. The Morgan fingerprint density at radius 3 is 2.72 bits per heavy atom. The summed E-state index contributed by atoms with van der Waals surface area (Å²) in [6.45, 7) is 8.39. The molecule has 1 aliphatic rings. The summed E-state index contributed by atoms with van der Waals surface area (Å²) in [5, 5.41) is 10.1. The second kappa shape index (κ2) is 6.00. The normalized spacial score (nSPS) is 16.9. The largest absolute Gasteiger partial charge is 0.368 e. The van der Waals surface area contributed by atoms with Crippen LogP contribution in [0.15, 0.2) is 6.20 Å². The van der Waals surface area contributed by atoms with Crippen molar-refractivity contribution in [1.29, 1.82) is 0 Å². The molecule has 0 radical (unpaired) electrons. The van der Waals surface area contributed by atoms with E-state index in [0.29, 0.717) is 12.1 Å².